The summed E-state index contributed by atoms with van der Waals surface area (Å²) in [5, 5.41) is 8.20. The summed E-state index contributed by atoms with van der Waals surface area (Å²) in [6.45, 7) is 7.63. The van der Waals surface area contributed by atoms with Crippen molar-refractivity contribution in [3.63, 3.8) is 0 Å². The minimum absolute atomic E-state index is 0.102. The topological polar surface area (TPSA) is 217 Å². The zero-order valence-electron chi connectivity index (χ0n) is 27.1. The molecule has 258 valence electrons. The van der Waals surface area contributed by atoms with Gasteiger partial charge in [-0.05, 0) is 65.0 Å². The molecule has 0 radical (unpaired) electrons. The van der Waals surface area contributed by atoms with Gasteiger partial charge in [-0.3, -0.25) is 20.2 Å². The van der Waals surface area contributed by atoms with Crippen LogP contribution < -0.4 is 27.1 Å². The second-order valence-electron chi connectivity index (χ2n) is 11.1. The van der Waals surface area contributed by atoms with Gasteiger partial charge in [0.1, 0.15) is 18.2 Å². The first-order valence-corrected chi connectivity index (χ1v) is 15.1. The largest absolute Gasteiger partial charge is 0.446 e. The number of hydrazine groups is 1. The first-order chi connectivity index (χ1) is 22.7. The Labute approximate surface area is 277 Å². The van der Waals surface area contributed by atoms with Gasteiger partial charge in [-0.1, -0.05) is 36.4 Å². The van der Waals surface area contributed by atoms with Crippen molar-refractivity contribution in [3.05, 3.63) is 72.3 Å². The number of benzene rings is 2. The van der Waals surface area contributed by atoms with Crippen LogP contribution in [0.4, 0.5) is 30.6 Å². The van der Waals surface area contributed by atoms with E-state index < -0.39 is 72.7 Å². The molecule has 6 amide bonds. The number of carbonyl (C=O) groups excluding carboxylic acids is 6. The van der Waals surface area contributed by atoms with E-state index >= 15 is 0 Å². The molecule has 0 aromatic heterocycles. The number of carbonyl (C=O) groups is 6. The molecule has 0 heterocycles. The van der Waals surface area contributed by atoms with Crippen molar-refractivity contribution < 1.29 is 47.7 Å². The molecule has 2 aromatic rings. The molecule has 3 rings (SSSR count). The van der Waals surface area contributed by atoms with E-state index in [-0.39, 0.29) is 12.0 Å². The third kappa shape index (κ3) is 11.2. The van der Waals surface area contributed by atoms with Crippen LogP contribution in [0.25, 0.3) is 0 Å². The third-order valence-corrected chi connectivity index (χ3v) is 6.49. The Kier molecular flexibility index (Phi) is 13.1. The standard InChI is InChI=1S/C32H40N6O10/c1-18(2)45-31(43)37-38(32(44)46-19(3)4)24-16-21(28(40)34-20(5)27(33)39)17-25(47-29(41)35-22-12-8-6-9-13-22)26(24)48-30(42)36-23-14-10-7-11-15-23/h6-16,18-20,24-26H,17H2,1-5H3,(H2,33,39)(H,34,40)(H,35,41)(H,36,42)(H,37,43)/t20-,24-,25-,26+/m1/s1. The highest BCUT2D eigenvalue weighted by atomic mass is 16.6. The fourth-order valence-electron chi connectivity index (χ4n) is 4.36. The normalized spacial score (nSPS) is 17.6. The van der Waals surface area contributed by atoms with Crippen LogP contribution in [0, 0.1) is 0 Å². The number of anilines is 2. The number of ether oxygens (including phenoxy) is 4. The van der Waals surface area contributed by atoms with Crippen molar-refractivity contribution in [1.82, 2.24) is 15.8 Å². The fourth-order valence-corrected chi connectivity index (χ4v) is 4.36. The summed E-state index contributed by atoms with van der Waals surface area (Å²) in [4.78, 5) is 77.8. The van der Waals surface area contributed by atoms with E-state index in [2.05, 4.69) is 21.4 Å². The molecule has 0 unspecified atom stereocenters. The number of nitrogens with zero attached hydrogens (tertiary/aromatic N) is 1. The van der Waals surface area contributed by atoms with Crippen molar-refractivity contribution >= 4 is 47.6 Å². The minimum Gasteiger partial charge on any atom is -0.446 e. The molecule has 16 nitrogen and oxygen atoms in total. The average Bonchev–Trinajstić information content (AvgIpc) is 3.00. The summed E-state index contributed by atoms with van der Waals surface area (Å²) >= 11 is 0. The number of rotatable bonds is 10. The zero-order valence-corrected chi connectivity index (χ0v) is 27.1. The van der Waals surface area contributed by atoms with Crippen LogP contribution in [0.1, 0.15) is 41.0 Å². The maximum Gasteiger partial charge on any atom is 0.429 e. The third-order valence-electron chi connectivity index (χ3n) is 6.49. The molecule has 0 aliphatic heterocycles. The second-order valence-corrected chi connectivity index (χ2v) is 11.1. The number of nitrogens with two attached hydrogens (primary N) is 1. The molecule has 1 aliphatic carbocycles. The van der Waals surface area contributed by atoms with Crippen LogP contribution in [0.3, 0.4) is 0 Å². The van der Waals surface area contributed by atoms with Crippen molar-refractivity contribution in [3.8, 4) is 0 Å². The van der Waals surface area contributed by atoms with E-state index in [1.54, 1.807) is 88.4 Å². The van der Waals surface area contributed by atoms with E-state index in [9.17, 15) is 28.8 Å². The molecular weight excluding hydrogens is 628 g/mol. The van der Waals surface area contributed by atoms with Gasteiger partial charge in [0, 0.05) is 23.4 Å². The van der Waals surface area contributed by atoms with Gasteiger partial charge in [0.15, 0.2) is 6.10 Å². The highest BCUT2D eigenvalue weighted by Crippen LogP contribution is 2.29. The van der Waals surface area contributed by atoms with Crippen LogP contribution in [0.15, 0.2) is 72.3 Å². The first-order valence-electron chi connectivity index (χ1n) is 15.1. The smallest absolute Gasteiger partial charge is 0.429 e. The molecule has 0 fully saturated rings. The zero-order chi connectivity index (χ0) is 35.4. The lowest BCUT2D eigenvalue weighted by atomic mass is 9.89. The van der Waals surface area contributed by atoms with Crippen LogP contribution >= 0.6 is 0 Å². The summed E-state index contributed by atoms with van der Waals surface area (Å²) in [6, 6.07) is 13.9. The molecule has 0 saturated carbocycles. The minimum atomic E-state index is -1.56. The average molecular weight is 669 g/mol. The molecule has 6 N–H and O–H groups in total. The molecule has 16 heteroatoms. The van der Waals surface area contributed by atoms with Crippen molar-refractivity contribution in [2.75, 3.05) is 10.6 Å². The number of hydrogen-bond donors (Lipinski definition) is 5. The Bertz CT molecular complexity index is 1480. The van der Waals surface area contributed by atoms with Gasteiger partial charge in [0.25, 0.3) is 0 Å². The van der Waals surface area contributed by atoms with E-state index in [1.807, 2.05) is 0 Å². The first kappa shape index (κ1) is 36.7. The molecule has 2 aromatic carbocycles. The maximum atomic E-state index is 13.5. The van der Waals surface area contributed by atoms with E-state index in [0.717, 1.165) is 0 Å². The van der Waals surface area contributed by atoms with Gasteiger partial charge >= 0.3 is 24.4 Å². The number of nitrogens with one attached hydrogen (secondary N) is 4. The van der Waals surface area contributed by atoms with Gasteiger partial charge in [0.05, 0.1) is 12.2 Å². The lowest BCUT2D eigenvalue weighted by molar-refractivity contribution is -0.125. The summed E-state index contributed by atoms with van der Waals surface area (Å²) in [7, 11) is 0. The molecule has 0 saturated heterocycles. The van der Waals surface area contributed by atoms with E-state index in [1.165, 1.54) is 13.0 Å². The Balaban J connectivity index is 2.10. The highest BCUT2D eigenvalue weighted by molar-refractivity contribution is 5.97. The second kappa shape index (κ2) is 17.2. The summed E-state index contributed by atoms with van der Waals surface area (Å²) in [6.07, 6.45) is -7.64. The van der Waals surface area contributed by atoms with Crippen LogP contribution in [0.2, 0.25) is 0 Å². The van der Waals surface area contributed by atoms with Crippen molar-refractivity contribution in [2.45, 2.75) is 77.5 Å². The SMILES string of the molecule is CC(C)OC(=O)NN(C(=O)OC(C)C)[C@@H]1C=C(C(=O)N[C@H](C)C(N)=O)C[C@@H](OC(=O)Nc2ccccc2)[C@H]1OC(=O)Nc1ccccc1. The summed E-state index contributed by atoms with van der Waals surface area (Å²) < 4.78 is 22.0. The Morgan fingerprint density at radius 2 is 1.27 bits per heavy atom. The van der Waals surface area contributed by atoms with Gasteiger partial charge in [-0.2, -0.15) is 0 Å². The monoisotopic (exact) mass is 668 g/mol. The van der Waals surface area contributed by atoms with Gasteiger partial charge in [0.2, 0.25) is 11.8 Å². The van der Waals surface area contributed by atoms with Crippen LogP contribution in [-0.2, 0) is 28.5 Å². The lowest BCUT2D eigenvalue weighted by Gasteiger charge is -2.40. The maximum absolute atomic E-state index is 13.5. The van der Waals surface area contributed by atoms with Crippen molar-refractivity contribution in [1.29, 1.82) is 0 Å². The van der Waals surface area contributed by atoms with Crippen LogP contribution in [0.5, 0.6) is 0 Å². The molecule has 0 bridgehead atoms. The van der Waals surface area contributed by atoms with Gasteiger partial charge in [-0.25, -0.2) is 29.6 Å². The van der Waals surface area contributed by atoms with Crippen molar-refractivity contribution in [2.24, 2.45) is 5.73 Å². The van der Waals surface area contributed by atoms with E-state index in [0.29, 0.717) is 16.4 Å². The summed E-state index contributed by atoms with van der Waals surface area (Å²) in [5.74, 6) is -1.64. The number of primary amides is 1. The fraction of sp³-hybridized carbons (Fsp3) is 0.375. The number of amides is 6. The molecule has 0 spiro atoms. The molecule has 4 atom stereocenters. The Morgan fingerprint density at radius 1 is 0.750 bits per heavy atom. The van der Waals surface area contributed by atoms with Gasteiger partial charge in [-0.15, -0.1) is 0 Å². The predicted octanol–water partition coefficient (Wildman–Crippen LogP) is 3.81. The Morgan fingerprint density at radius 3 is 1.77 bits per heavy atom. The molecular formula is C32H40N6O10. The summed E-state index contributed by atoms with van der Waals surface area (Å²) in [5.41, 5.74) is 8.25. The predicted molar refractivity (Wildman–Crippen MR) is 172 cm³/mol. The number of para-hydroxylation sites is 2. The Hall–Kier alpha value is -5.80. The molecule has 1 aliphatic rings. The van der Waals surface area contributed by atoms with E-state index in [4.69, 9.17) is 24.7 Å². The molecule has 48 heavy (non-hydrogen) atoms. The van der Waals surface area contributed by atoms with Gasteiger partial charge < -0.3 is 30.0 Å². The van der Waals surface area contributed by atoms with Crippen LogP contribution in [-0.4, -0.2) is 77.7 Å². The highest BCUT2D eigenvalue weighted by Gasteiger charge is 2.46. The lowest BCUT2D eigenvalue weighted by Crippen LogP contribution is -2.61. The quantitative estimate of drug-likeness (QED) is 0.182. The number of hydrogen-bond acceptors (Lipinski definition) is 10.